The summed E-state index contributed by atoms with van der Waals surface area (Å²) in [4.78, 5) is 28.8. The minimum atomic E-state index is -0.196. The topological polar surface area (TPSA) is 87.9 Å². The third-order valence-electron chi connectivity index (χ3n) is 5.47. The van der Waals surface area contributed by atoms with Crippen LogP contribution in [-0.2, 0) is 9.53 Å². The highest BCUT2D eigenvalue weighted by molar-refractivity contribution is 5.92. The summed E-state index contributed by atoms with van der Waals surface area (Å²) in [6, 6.07) is 1.77. The summed E-state index contributed by atoms with van der Waals surface area (Å²) >= 11 is 0. The van der Waals surface area contributed by atoms with Crippen molar-refractivity contribution in [1.82, 2.24) is 20.3 Å². The molecule has 0 bridgehead atoms. The molecule has 26 heavy (non-hydrogen) atoms. The van der Waals surface area contributed by atoms with E-state index >= 15 is 0 Å². The van der Waals surface area contributed by atoms with Crippen molar-refractivity contribution in [3.05, 3.63) is 17.5 Å². The van der Waals surface area contributed by atoms with Crippen LogP contribution in [0.3, 0.4) is 0 Å². The van der Waals surface area contributed by atoms with Gasteiger partial charge in [0.1, 0.15) is 5.76 Å². The smallest absolute Gasteiger partial charge is 0.273 e. The summed E-state index contributed by atoms with van der Waals surface area (Å²) in [5.74, 6) is 1.48. The predicted octanol–water partition coefficient (Wildman–Crippen LogP) is 0.461. The molecule has 1 aromatic heterocycles. The molecule has 1 aromatic rings. The molecule has 4 rings (SSSR count). The molecule has 2 saturated heterocycles. The molecule has 0 aromatic carbocycles. The Balaban J connectivity index is 1.28. The number of rotatable bonds is 5. The van der Waals surface area contributed by atoms with E-state index < -0.39 is 0 Å². The summed E-state index contributed by atoms with van der Waals surface area (Å²) in [6.45, 7) is 6.52. The Morgan fingerprint density at radius 2 is 2.04 bits per heavy atom. The molecule has 1 aliphatic carbocycles. The summed E-state index contributed by atoms with van der Waals surface area (Å²) in [6.07, 6.45) is 2.23. The van der Waals surface area contributed by atoms with Crippen LogP contribution in [-0.4, -0.2) is 78.8 Å². The number of hydrogen-bond acceptors (Lipinski definition) is 6. The number of nitrogens with one attached hydrogen (secondary N) is 1. The second-order valence-corrected chi connectivity index (χ2v) is 7.63. The average Bonchev–Trinajstić information content (AvgIpc) is 3.27. The van der Waals surface area contributed by atoms with E-state index in [2.05, 4.69) is 22.3 Å². The maximum absolute atomic E-state index is 12.4. The van der Waals surface area contributed by atoms with Crippen molar-refractivity contribution >= 4 is 11.8 Å². The van der Waals surface area contributed by atoms with Crippen LogP contribution in [0.1, 0.15) is 41.9 Å². The van der Waals surface area contributed by atoms with Gasteiger partial charge in [-0.15, -0.1) is 0 Å². The number of morpholine rings is 1. The number of carbonyl (C=O) groups is 2. The lowest BCUT2D eigenvalue weighted by Gasteiger charge is -2.28. The third kappa shape index (κ3) is 3.91. The average molecular weight is 362 g/mol. The summed E-state index contributed by atoms with van der Waals surface area (Å²) in [5, 5.41) is 6.95. The first-order valence-corrected chi connectivity index (χ1v) is 9.45. The Bertz CT molecular complexity index is 666. The van der Waals surface area contributed by atoms with Crippen LogP contribution in [0.4, 0.5) is 0 Å². The molecular formula is C18H26N4O4. The second-order valence-electron chi connectivity index (χ2n) is 7.63. The van der Waals surface area contributed by atoms with E-state index in [-0.39, 0.29) is 23.8 Å². The van der Waals surface area contributed by atoms with Gasteiger partial charge in [0, 0.05) is 44.2 Å². The zero-order chi connectivity index (χ0) is 18.1. The van der Waals surface area contributed by atoms with Crippen LogP contribution in [0.15, 0.2) is 10.6 Å². The standard InChI is InChI=1S/C18H26N4O4/c1-12-9-21(11-17(23)22-4-6-25-7-5-22)10-15(12)19-18(24)14-8-16(26-20-14)13-2-3-13/h8,12-13,15H,2-7,9-11H2,1H3,(H,19,24)/t12-,15+/m0/s1. The lowest BCUT2D eigenvalue weighted by Crippen LogP contribution is -2.46. The monoisotopic (exact) mass is 362 g/mol. The van der Waals surface area contributed by atoms with E-state index in [9.17, 15) is 9.59 Å². The van der Waals surface area contributed by atoms with Crippen molar-refractivity contribution in [2.45, 2.75) is 31.7 Å². The van der Waals surface area contributed by atoms with Gasteiger partial charge in [-0.05, 0) is 18.8 Å². The number of hydrogen-bond donors (Lipinski definition) is 1. The molecule has 2 atom stereocenters. The van der Waals surface area contributed by atoms with E-state index in [1.807, 2.05) is 4.90 Å². The number of aromatic nitrogens is 1. The molecule has 0 spiro atoms. The Morgan fingerprint density at radius 3 is 2.77 bits per heavy atom. The van der Waals surface area contributed by atoms with Crippen LogP contribution >= 0.6 is 0 Å². The van der Waals surface area contributed by atoms with Gasteiger partial charge >= 0.3 is 0 Å². The molecule has 2 amide bonds. The molecule has 3 heterocycles. The number of likely N-dealkylation sites (tertiary alicyclic amines) is 1. The largest absolute Gasteiger partial charge is 0.378 e. The van der Waals surface area contributed by atoms with Crippen LogP contribution < -0.4 is 5.32 Å². The van der Waals surface area contributed by atoms with Gasteiger partial charge in [0.2, 0.25) is 5.91 Å². The molecule has 2 aliphatic heterocycles. The molecular weight excluding hydrogens is 336 g/mol. The Morgan fingerprint density at radius 1 is 1.27 bits per heavy atom. The summed E-state index contributed by atoms with van der Waals surface area (Å²) in [5.41, 5.74) is 0.349. The highest BCUT2D eigenvalue weighted by Crippen LogP contribution is 2.40. The van der Waals surface area contributed by atoms with Crippen LogP contribution in [0.25, 0.3) is 0 Å². The molecule has 0 unspecified atom stereocenters. The Kier molecular flexibility index (Phi) is 4.95. The number of nitrogens with zero attached hydrogens (tertiary/aromatic N) is 3. The van der Waals surface area contributed by atoms with E-state index in [1.54, 1.807) is 6.07 Å². The molecule has 8 heteroatoms. The van der Waals surface area contributed by atoms with Gasteiger partial charge in [-0.2, -0.15) is 0 Å². The van der Waals surface area contributed by atoms with E-state index in [4.69, 9.17) is 9.26 Å². The SMILES string of the molecule is C[C@H]1CN(CC(=O)N2CCOCC2)C[C@H]1NC(=O)c1cc(C2CC2)on1. The molecule has 3 fully saturated rings. The zero-order valence-electron chi connectivity index (χ0n) is 15.1. The Hall–Kier alpha value is -1.93. The highest BCUT2D eigenvalue weighted by Gasteiger charge is 2.34. The molecule has 1 N–H and O–H groups in total. The first-order valence-electron chi connectivity index (χ1n) is 9.45. The predicted molar refractivity (Wildman–Crippen MR) is 92.7 cm³/mol. The van der Waals surface area contributed by atoms with Gasteiger partial charge in [-0.1, -0.05) is 12.1 Å². The quantitative estimate of drug-likeness (QED) is 0.819. The molecule has 142 valence electrons. The van der Waals surface area contributed by atoms with Gasteiger partial charge in [0.25, 0.3) is 5.91 Å². The zero-order valence-corrected chi connectivity index (χ0v) is 15.1. The molecule has 0 radical (unpaired) electrons. The highest BCUT2D eigenvalue weighted by atomic mass is 16.5. The fraction of sp³-hybridized carbons (Fsp3) is 0.722. The Labute approximate surface area is 152 Å². The van der Waals surface area contributed by atoms with Crippen molar-refractivity contribution in [2.75, 3.05) is 45.9 Å². The lowest BCUT2D eigenvalue weighted by molar-refractivity contribution is -0.136. The maximum Gasteiger partial charge on any atom is 0.273 e. The maximum atomic E-state index is 12.4. The van der Waals surface area contributed by atoms with E-state index in [0.29, 0.717) is 51.0 Å². The normalized spacial score (nSPS) is 26.9. The fourth-order valence-corrected chi connectivity index (χ4v) is 3.69. The van der Waals surface area contributed by atoms with Gasteiger partial charge in [0.15, 0.2) is 5.69 Å². The van der Waals surface area contributed by atoms with E-state index in [1.165, 1.54) is 0 Å². The van der Waals surface area contributed by atoms with Crippen molar-refractivity contribution in [1.29, 1.82) is 0 Å². The van der Waals surface area contributed by atoms with Crippen molar-refractivity contribution < 1.29 is 18.8 Å². The third-order valence-corrected chi connectivity index (χ3v) is 5.47. The first-order chi connectivity index (χ1) is 12.6. The molecule has 1 saturated carbocycles. The van der Waals surface area contributed by atoms with Gasteiger partial charge < -0.3 is 19.5 Å². The summed E-state index contributed by atoms with van der Waals surface area (Å²) in [7, 11) is 0. The molecule has 8 nitrogen and oxygen atoms in total. The number of carbonyl (C=O) groups excluding carboxylic acids is 2. The second kappa shape index (κ2) is 7.36. The van der Waals surface area contributed by atoms with Crippen LogP contribution in [0, 0.1) is 5.92 Å². The molecule has 3 aliphatic rings. The van der Waals surface area contributed by atoms with E-state index in [0.717, 1.165) is 25.1 Å². The van der Waals surface area contributed by atoms with Crippen LogP contribution in [0.2, 0.25) is 0 Å². The van der Waals surface area contributed by atoms with Crippen LogP contribution in [0.5, 0.6) is 0 Å². The fourth-order valence-electron chi connectivity index (χ4n) is 3.69. The first kappa shape index (κ1) is 17.5. The van der Waals surface area contributed by atoms with Crippen molar-refractivity contribution in [3.63, 3.8) is 0 Å². The van der Waals surface area contributed by atoms with Crippen molar-refractivity contribution in [2.24, 2.45) is 5.92 Å². The van der Waals surface area contributed by atoms with Gasteiger partial charge in [0.05, 0.1) is 19.8 Å². The van der Waals surface area contributed by atoms with Crippen molar-refractivity contribution in [3.8, 4) is 0 Å². The minimum Gasteiger partial charge on any atom is -0.378 e. The summed E-state index contributed by atoms with van der Waals surface area (Å²) < 4.78 is 10.6. The number of amides is 2. The van der Waals surface area contributed by atoms with Gasteiger partial charge in [-0.25, -0.2) is 0 Å². The van der Waals surface area contributed by atoms with Gasteiger partial charge in [-0.3, -0.25) is 14.5 Å². The minimum absolute atomic E-state index is 0.0149. The number of ether oxygens (including phenoxy) is 1. The lowest BCUT2D eigenvalue weighted by atomic mass is 10.1.